The van der Waals surface area contributed by atoms with Crippen molar-refractivity contribution in [2.45, 2.75) is 25.7 Å². The quantitative estimate of drug-likeness (QED) is 0.833. The van der Waals surface area contributed by atoms with Gasteiger partial charge < -0.3 is 10.5 Å². The highest BCUT2D eigenvalue weighted by molar-refractivity contribution is 9.11. The van der Waals surface area contributed by atoms with E-state index < -0.39 is 0 Å². The summed E-state index contributed by atoms with van der Waals surface area (Å²) in [7, 11) is 0. The maximum absolute atomic E-state index is 5.83. The van der Waals surface area contributed by atoms with E-state index in [9.17, 15) is 0 Å². The van der Waals surface area contributed by atoms with E-state index in [4.69, 9.17) is 10.5 Å². The predicted octanol–water partition coefficient (Wildman–Crippen LogP) is 3.89. The van der Waals surface area contributed by atoms with Crippen LogP contribution in [0.15, 0.2) is 21.1 Å². The first kappa shape index (κ1) is 13.4. The van der Waals surface area contributed by atoms with Gasteiger partial charge in [0.25, 0.3) is 0 Å². The van der Waals surface area contributed by atoms with Crippen molar-refractivity contribution in [2.24, 2.45) is 11.7 Å². The smallest absolute Gasteiger partial charge is 0.147 e. The molecule has 1 aliphatic carbocycles. The molecule has 1 fully saturated rings. The summed E-state index contributed by atoms with van der Waals surface area (Å²) in [6.45, 7) is 1.47. The maximum Gasteiger partial charge on any atom is 0.147 e. The van der Waals surface area contributed by atoms with E-state index >= 15 is 0 Å². The van der Waals surface area contributed by atoms with Gasteiger partial charge >= 0.3 is 0 Å². The lowest BCUT2D eigenvalue weighted by Crippen LogP contribution is -2.04. The molecule has 0 saturated heterocycles. The third-order valence-electron chi connectivity index (χ3n) is 2.96. The highest BCUT2D eigenvalue weighted by Crippen LogP contribution is 2.36. The molecule has 0 aliphatic heterocycles. The van der Waals surface area contributed by atoms with Crippen LogP contribution in [0.5, 0.6) is 5.75 Å². The monoisotopic (exact) mass is 361 g/mol. The lowest BCUT2D eigenvalue weighted by atomic mass is 10.1. The zero-order chi connectivity index (χ0) is 12.3. The van der Waals surface area contributed by atoms with Crippen molar-refractivity contribution < 1.29 is 4.74 Å². The van der Waals surface area contributed by atoms with Crippen LogP contribution in [0, 0.1) is 5.92 Å². The number of ether oxygens (including phenoxy) is 1. The van der Waals surface area contributed by atoms with Gasteiger partial charge in [-0.2, -0.15) is 0 Å². The fraction of sp³-hybridized carbons (Fsp3) is 0.538. The summed E-state index contributed by atoms with van der Waals surface area (Å²) in [5.74, 6) is 1.82. The van der Waals surface area contributed by atoms with E-state index in [2.05, 4.69) is 44.0 Å². The Balaban J connectivity index is 1.99. The molecule has 0 aromatic heterocycles. The molecular weight excluding hydrogens is 346 g/mol. The van der Waals surface area contributed by atoms with Crippen molar-refractivity contribution >= 4 is 31.9 Å². The highest BCUT2D eigenvalue weighted by Gasteiger charge is 2.21. The summed E-state index contributed by atoms with van der Waals surface area (Å²) in [6, 6.07) is 4.17. The zero-order valence-corrected chi connectivity index (χ0v) is 12.9. The Morgan fingerprint density at radius 1 is 1.24 bits per heavy atom. The van der Waals surface area contributed by atoms with Gasteiger partial charge in [-0.25, -0.2) is 0 Å². The Morgan fingerprint density at radius 3 is 2.41 bits per heavy atom. The number of nitrogens with two attached hydrogens (primary N) is 1. The average Bonchev–Trinajstić information content (AvgIpc) is 3.06. The topological polar surface area (TPSA) is 35.2 Å². The normalized spacial score (nSPS) is 15.0. The minimum absolute atomic E-state index is 0.667. The van der Waals surface area contributed by atoms with Crippen molar-refractivity contribution in [3.8, 4) is 5.75 Å². The van der Waals surface area contributed by atoms with Gasteiger partial charge in [0.1, 0.15) is 5.75 Å². The molecule has 1 aromatic carbocycles. The number of hydrogen-bond acceptors (Lipinski definition) is 2. The summed E-state index contributed by atoms with van der Waals surface area (Å²) in [5.41, 5.74) is 6.78. The number of hydrogen-bond donors (Lipinski definition) is 1. The summed E-state index contributed by atoms with van der Waals surface area (Å²) in [5, 5.41) is 0. The molecule has 94 valence electrons. The Kier molecular flexibility index (Phi) is 4.88. The van der Waals surface area contributed by atoms with E-state index in [1.165, 1.54) is 24.8 Å². The van der Waals surface area contributed by atoms with E-state index in [-0.39, 0.29) is 0 Å². The zero-order valence-electron chi connectivity index (χ0n) is 9.72. The van der Waals surface area contributed by atoms with Gasteiger partial charge in [-0.05, 0) is 74.9 Å². The van der Waals surface area contributed by atoms with E-state index in [1.54, 1.807) is 0 Å². The Bertz CT molecular complexity index is 368. The average molecular weight is 363 g/mol. The molecular formula is C13H17Br2NO. The van der Waals surface area contributed by atoms with Crippen LogP contribution in [-0.2, 0) is 6.42 Å². The standard InChI is InChI=1S/C13H17Br2NO/c14-11-7-10(3-5-16)8-12(15)13(11)17-6-4-9-1-2-9/h7-9H,1-6,16H2. The van der Waals surface area contributed by atoms with Crippen LogP contribution in [-0.4, -0.2) is 13.2 Å². The molecule has 1 aliphatic rings. The van der Waals surface area contributed by atoms with Crippen molar-refractivity contribution in [1.29, 1.82) is 0 Å². The first-order chi connectivity index (χ1) is 8.20. The van der Waals surface area contributed by atoms with Crippen molar-refractivity contribution in [3.05, 3.63) is 26.6 Å². The second-order valence-corrected chi connectivity index (χ2v) is 6.22. The van der Waals surface area contributed by atoms with E-state index in [0.29, 0.717) is 6.54 Å². The molecule has 0 atom stereocenters. The fourth-order valence-corrected chi connectivity index (χ4v) is 3.31. The number of halogens is 2. The molecule has 0 heterocycles. The molecule has 1 aromatic rings. The first-order valence-corrected chi connectivity index (χ1v) is 7.60. The predicted molar refractivity (Wildman–Crippen MR) is 77.4 cm³/mol. The molecule has 0 bridgehead atoms. The summed E-state index contributed by atoms with van der Waals surface area (Å²) < 4.78 is 7.84. The molecule has 2 nitrogen and oxygen atoms in total. The molecule has 0 radical (unpaired) electrons. The van der Waals surface area contributed by atoms with Gasteiger partial charge in [0.15, 0.2) is 0 Å². The van der Waals surface area contributed by atoms with Crippen LogP contribution in [0.25, 0.3) is 0 Å². The molecule has 2 rings (SSSR count). The van der Waals surface area contributed by atoms with Crippen molar-refractivity contribution in [2.75, 3.05) is 13.2 Å². The van der Waals surface area contributed by atoms with Crippen LogP contribution < -0.4 is 10.5 Å². The number of rotatable bonds is 6. The summed E-state index contributed by atoms with van der Waals surface area (Å²) in [4.78, 5) is 0. The maximum atomic E-state index is 5.83. The number of benzene rings is 1. The van der Waals surface area contributed by atoms with Gasteiger partial charge in [-0.1, -0.05) is 12.8 Å². The van der Waals surface area contributed by atoms with Crippen LogP contribution in [0.2, 0.25) is 0 Å². The summed E-state index contributed by atoms with van der Waals surface area (Å²) >= 11 is 7.11. The molecule has 0 amide bonds. The Labute approximate surface area is 119 Å². The first-order valence-electron chi connectivity index (χ1n) is 6.01. The third-order valence-corrected chi connectivity index (χ3v) is 4.14. The molecule has 0 spiro atoms. The lowest BCUT2D eigenvalue weighted by Gasteiger charge is -2.12. The van der Waals surface area contributed by atoms with Gasteiger partial charge in [-0.3, -0.25) is 0 Å². The minimum atomic E-state index is 0.667. The fourth-order valence-electron chi connectivity index (χ4n) is 1.80. The largest absolute Gasteiger partial charge is 0.491 e. The van der Waals surface area contributed by atoms with Crippen LogP contribution in [0.1, 0.15) is 24.8 Å². The van der Waals surface area contributed by atoms with Crippen molar-refractivity contribution in [3.63, 3.8) is 0 Å². The Hall–Kier alpha value is -0.0600. The second-order valence-electron chi connectivity index (χ2n) is 4.51. The lowest BCUT2D eigenvalue weighted by molar-refractivity contribution is 0.299. The van der Waals surface area contributed by atoms with Crippen molar-refractivity contribution in [1.82, 2.24) is 0 Å². The van der Waals surface area contributed by atoms with Gasteiger partial charge in [0.05, 0.1) is 15.6 Å². The third kappa shape index (κ3) is 3.97. The van der Waals surface area contributed by atoms with Crippen LogP contribution in [0.3, 0.4) is 0 Å². The van der Waals surface area contributed by atoms with Crippen LogP contribution >= 0.6 is 31.9 Å². The SMILES string of the molecule is NCCc1cc(Br)c(OCCC2CC2)c(Br)c1. The second kappa shape index (κ2) is 6.21. The minimum Gasteiger partial charge on any atom is -0.491 e. The molecule has 1 saturated carbocycles. The molecule has 17 heavy (non-hydrogen) atoms. The molecule has 4 heteroatoms. The van der Waals surface area contributed by atoms with Gasteiger partial charge in [0, 0.05) is 0 Å². The van der Waals surface area contributed by atoms with Crippen LogP contribution in [0.4, 0.5) is 0 Å². The van der Waals surface area contributed by atoms with Gasteiger partial charge in [-0.15, -0.1) is 0 Å². The highest BCUT2D eigenvalue weighted by atomic mass is 79.9. The molecule has 2 N–H and O–H groups in total. The van der Waals surface area contributed by atoms with E-state index in [1.807, 2.05) is 0 Å². The van der Waals surface area contributed by atoms with E-state index in [0.717, 1.165) is 33.6 Å². The molecule has 0 unspecified atom stereocenters. The van der Waals surface area contributed by atoms with Gasteiger partial charge in [0.2, 0.25) is 0 Å². The Morgan fingerprint density at radius 2 is 1.88 bits per heavy atom. The summed E-state index contributed by atoms with van der Waals surface area (Å²) in [6.07, 6.45) is 4.81.